The molecule has 0 aliphatic heterocycles. The molecule has 6 nitrogen and oxygen atoms in total. The highest BCUT2D eigenvalue weighted by molar-refractivity contribution is 6.31. The van der Waals surface area contributed by atoms with Crippen LogP contribution in [-0.2, 0) is 0 Å². The van der Waals surface area contributed by atoms with Crippen LogP contribution in [0.25, 0.3) is 0 Å². The molecule has 0 bridgehead atoms. The summed E-state index contributed by atoms with van der Waals surface area (Å²) in [7, 11) is 0. The van der Waals surface area contributed by atoms with Crippen molar-refractivity contribution in [1.29, 1.82) is 0 Å². The summed E-state index contributed by atoms with van der Waals surface area (Å²) in [6.07, 6.45) is 1.19. The van der Waals surface area contributed by atoms with E-state index < -0.39 is 4.92 Å². The second kappa shape index (κ2) is 5.83. The van der Waals surface area contributed by atoms with E-state index in [1.807, 2.05) is 38.1 Å². The molecular weight excluding hydrogens is 280 g/mol. The van der Waals surface area contributed by atoms with Crippen molar-refractivity contribution in [3.63, 3.8) is 0 Å². The SMILES string of the molecule is Cc1ccc(C(C)Nc2ncnc(Cl)c2[N+](=O)[O-])cc1. The minimum absolute atomic E-state index is 0.114. The third-order valence-electron chi connectivity index (χ3n) is 2.89. The van der Waals surface area contributed by atoms with Crippen LogP contribution in [0, 0.1) is 17.0 Å². The van der Waals surface area contributed by atoms with E-state index >= 15 is 0 Å². The molecule has 104 valence electrons. The topological polar surface area (TPSA) is 81.0 Å². The Morgan fingerprint density at radius 2 is 1.95 bits per heavy atom. The van der Waals surface area contributed by atoms with E-state index in [-0.39, 0.29) is 22.7 Å². The average Bonchev–Trinajstić information content (AvgIpc) is 2.39. The zero-order valence-electron chi connectivity index (χ0n) is 11.0. The van der Waals surface area contributed by atoms with Crippen LogP contribution in [0.2, 0.25) is 5.15 Å². The first-order valence-electron chi connectivity index (χ1n) is 5.97. The van der Waals surface area contributed by atoms with Crippen molar-refractivity contribution >= 4 is 23.1 Å². The molecular formula is C13H13ClN4O2. The number of hydrogen-bond donors (Lipinski definition) is 1. The van der Waals surface area contributed by atoms with Crippen molar-refractivity contribution in [3.8, 4) is 0 Å². The molecule has 1 aromatic carbocycles. The van der Waals surface area contributed by atoms with Gasteiger partial charge in [-0.05, 0) is 19.4 Å². The van der Waals surface area contributed by atoms with Gasteiger partial charge in [0.15, 0.2) is 0 Å². The molecule has 1 N–H and O–H groups in total. The first kappa shape index (κ1) is 14.2. The van der Waals surface area contributed by atoms with E-state index in [4.69, 9.17) is 11.6 Å². The van der Waals surface area contributed by atoms with E-state index in [9.17, 15) is 10.1 Å². The molecule has 0 spiro atoms. The zero-order valence-corrected chi connectivity index (χ0v) is 11.8. The fourth-order valence-electron chi connectivity index (χ4n) is 1.77. The number of rotatable bonds is 4. The summed E-state index contributed by atoms with van der Waals surface area (Å²) in [6, 6.07) is 7.74. The quantitative estimate of drug-likeness (QED) is 0.530. The Balaban J connectivity index is 2.28. The summed E-state index contributed by atoms with van der Waals surface area (Å²) in [5.74, 6) is 0.114. The third-order valence-corrected chi connectivity index (χ3v) is 3.17. The van der Waals surface area contributed by atoms with Gasteiger partial charge in [0.2, 0.25) is 11.0 Å². The highest BCUT2D eigenvalue weighted by Gasteiger charge is 2.22. The zero-order chi connectivity index (χ0) is 14.7. The number of nitrogens with one attached hydrogen (secondary N) is 1. The van der Waals surface area contributed by atoms with Crippen molar-refractivity contribution in [1.82, 2.24) is 9.97 Å². The highest BCUT2D eigenvalue weighted by Crippen LogP contribution is 2.30. The van der Waals surface area contributed by atoms with Crippen molar-refractivity contribution in [3.05, 3.63) is 57.0 Å². The molecule has 2 aromatic rings. The van der Waals surface area contributed by atoms with Crippen LogP contribution in [-0.4, -0.2) is 14.9 Å². The van der Waals surface area contributed by atoms with E-state index in [2.05, 4.69) is 15.3 Å². The number of aryl methyl sites for hydroxylation is 1. The Bertz CT molecular complexity index is 631. The molecule has 0 amide bonds. The molecule has 1 atom stereocenters. The number of hydrogen-bond acceptors (Lipinski definition) is 5. The molecule has 2 rings (SSSR count). The summed E-state index contributed by atoms with van der Waals surface area (Å²) in [5.41, 5.74) is 1.84. The second-order valence-corrected chi connectivity index (χ2v) is 4.75. The summed E-state index contributed by atoms with van der Waals surface area (Å²) < 4.78 is 0. The number of aromatic nitrogens is 2. The predicted octanol–water partition coefficient (Wildman–Crippen LogP) is 3.52. The molecule has 1 aromatic heterocycles. The summed E-state index contributed by atoms with van der Waals surface area (Å²) in [6.45, 7) is 3.89. The first-order chi connectivity index (χ1) is 9.49. The summed E-state index contributed by atoms with van der Waals surface area (Å²) in [5, 5.41) is 13.8. The van der Waals surface area contributed by atoms with Gasteiger partial charge in [0.1, 0.15) is 6.33 Å². The van der Waals surface area contributed by atoms with Crippen LogP contribution in [0.1, 0.15) is 24.1 Å². The molecule has 1 unspecified atom stereocenters. The lowest BCUT2D eigenvalue weighted by Gasteiger charge is -2.15. The van der Waals surface area contributed by atoms with Gasteiger partial charge in [0.25, 0.3) is 0 Å². The van der Waals surface area contributed by atoms with E-state index in [1.54, 1.807) is 0 Å². The van der Waals surface area contributed by atoms with Gasteiger partial charge in [-0.25, -0.2) is 9.97 Å². The number of halogens is 1. The van der Waals surface area contributed by atoms with E-state index in [1.165, 1.54) is 6.33 Å². The molecule has 1 heterocycles. The number of benzene rings is 1. The minimum atomic E-state index is -0.591. The first-order valence-corrected chi connectivity index (χ1v) is 6.35. The Labute approximate surface area is 121 Å². The van der Waals surface area contributed by atoms with Crippen molar-refractivity contribution < 1.29 is 4.92 Å². The van der Waals surface area contributed by atoms with Crippen LogP contribution in [0.5, 0.6) is 0 Å². The maximum atomic E-state index is 11.0. The Morgan fingerprint density at radius 3 is 2.55 bits per heavy atom. The van der Waals surface area contributed by atoms with Crippen LogP contribution >= 0.6 is 11.6 Å². The molecule has 0 radical (unpaired) electrons. The monoisotopic (exact) mass is 292 g/mol. The van der Waals surface area contributed by atoms with E-state index in [0.29, 0.717) is 0 Å². The maximum Gasteiger partial charge on any atom is 0.348 e. The van der Waals surface area contributed by atoms with Crippen LogP contribution in [0.3, 0.4) is 0 Å². The van der Waals surface area contributed by atoms with E-state index in [0.717, 1.165) is 11.1 Å². The van der Waals surface area contributed by atoms with Crippen LogP contribution in [0.4, 0.5) is 11.5 Å². The van der Waals surface area contributed by atoms with Crippen molar-refractivity contribution in [2.75, 3.05) is 5.32 Å². The predicted molar refractivity (Wildman–Crippen MR) is 76.9 cm³/mol. The Hall–Kier alpha value is -2.21. The number of nitrogens with zero attached hydrogens (tertiary/aromatic N) is 3. The second-order valence-electron chi connectivity index (χ2n) is 4.40. The summed E-state index contributed by atoms with van der Waals surface area (Å²) in [4.78, 5) is 17.9. The van der Waals surface area contributed by atoms with Crippen molar-refractivity contribution in [2.24, 2.45) is 0 Å². The largest absolute Gasteiger partial charge is 0.358 e. The van der Waals surface area contributed by atoms with Gasteiger partial charge in [0.05, 0.1) is 11.0 Å². The molecule has 0 aliphatic carbocycles. The average molecular weight is 293 g/mol. The van der Waals surface area contributed by atoms with Gasteiger partial charge < -0.3 is 5.32 Å². The Morgan fingerprint density at radius 1 is 1.30 bits per heavy atom. The smallest absolute Gasteiger partial charge is 0.348 e. The lowest BCUT2D eigenvalue weighted by Crippen LogP contribution is -2.10. The maximum absolute atomic E-state index is 11.0. The molecule has 0 aliphatic rings. The number of anilines is 1. The normalized spacial score (nSPS) is 11.9. The van der Waals surface area contributed by atoms with Gasteiger partial charge in [-0.15, -0.1) is 0 Å². The van der Waals surface area contributed by atoms with Gasteiger partial charge in [0, 0.05) is 0 Å². The van der Waals surface area contributed by atoms with Gasteiger partial charge in [-0.3, -0.25) is 10.1 Å². The van der Waals surface area contributed by atoms with Crippen LogP contribution in [0.15, 0.2) is 30.6 Å². The molecule has 0 saturated carbocycles. The third kappa shape index (κ3) is 3.03. The lowest BCUT2D eigenvalue weighted by molar-refractivity contribution is -0.384. The molecule has 0 fully saturated rings. The molecule has 20 heavy (non-hydrogen) atoms. The minimum Gasteiger partial charge on any atom is -0.358 e. The molecule has 0 saturated heterocycles. The highest BCUT2D eigenvalue weighted by atomic mass is 35.5. The molecule has 7 heteroatoms. The van der Waals surface area contributed by atoms with Gasteiger partial charge in [-0.2, -0.15) is 0 Å². The summed E-state index contributed by atoms with van der Waals surface area (Å²) >= 11 is 5.74. The Kier molecular flexibility index (Phi) is 4.14. The van der Waals surface area contributed by atoms with Crippen molar-refractivity contribution in [2.45, 2.75) is 19.9 Å². The van der Waals surface area contributed by atoms with Gasteiger partial charge in [-0.1, -0.05) is 41.4 Å². The fourth-order valence-corrected chi connectivity index (χ4v) is 1.97. The standard InChI is InChI=1S/C13H13ClN4O2/c1-8-3-5-10(6-4-8)9(2)17-13-11(18(19)20)12(14)15-7-16-13/h3-7,9H,1-2H3,(H,15,16,17). The fraction of sp³-hybridized carbons (Fsp3) is 0.231. The lowest BCUT2D eigenvalue weighted by atomic mass is 10.1. The van der Waals surface area contributed by atoms with Gasteiger partial charge >= 0.3 is 5.69 Å². The number of nitro groups is 1. The van der Waals surface area contributed by atoms with Crippen LogP contribution < -0.4 is 5.32 Å².